The largest absolute Gasteiger partial charge is 0.396 e. The Kier molecular flexibility index (Phi) is 5.79. The summed E-state index contributed by atoms with van der Waals surface area (Å²) in [7, 11) is 0. The molecular weight excluding hydrogens is 238 g/mol. The first-order chi connectivity index (χ1) is 8.19. The highest BCUT2D eigenvalue weighted by Gasteiger charge is 2.12. The molecule has 1 rings (SSSR count). The lowest BCUT2D eigenvalue weighted by Gasteiger charge is -2.19. The number of hydrogen-bond acceptors (Lipinski definition) is 5. The third kappa shape index (κ3) is 4.24. The Morgan fingerprint density at radius 2 is 2.47 bits per heavy atom. The number of carbonyl (C=O) groups is 1. The normalized spacial score (nSPS) is 12.1. The highest BCUT2D eigenvalue weighted by atomic mass is 32.2. The van der Waals surface area contributed by atoms with Crippen molar-refractivity contribution in [2.75, 3.05) is 23.9 Å². The number of thioether (sulfide) groups is 1. The van der Waals surface area contributed by atoms with Gasteiger partial charge in [0.25, 0.3) is 5.91 Å². The molecule has 1 heterocycles. The Labute approximate surface area is 105 Å². The molecule has 1 aromatic heterocycles. The van der Waals surface area contributed by atoms with Crippen LogP contribution in [0.4, 0.5) is 5.69 Å². The van der Waals surface area contributed by atoms with E-state index in [9.17, 15) is 4.79 Å². The quantitative estimate of drug-likeness (QED) is 0.667. The molecule has 0 aliphatic rings. The SMILES string of the molecule is CSCC(CCO)Nc1ccncc1C(N)=O. The van der Waals surface area contributed by atoms with Gasteiger partial charge in [-0.1, -0.05) is 0 Å². The standard InChI is InChI=1S/C11H17N3O2S/c1-17-7-8(3-5-15)14-10-2-4-13-6-9(10)11(12)16/h2,4,6,8,15H,3,5,7H2,1H3,(H2,12,16)(H,13,14). The zero-order chi connectivity index (χ0) is 12.7. The van der Waals surface area contributed by atoms with Gasteiger partial charge in [-0.25, -0.2) is 0 Å². The van der Waals surface area contributed by atoms with E-state index in [1.165, 1.54) is 6.20 Å². The molecule has 0 aromatic carbocycles. The van der Waals surface area contributed by atoms with Crippen LogP contribution in [0.1, 0.15) is 16.8 Å². The van der Waals surface area contributed by atoms with Crippen LogP contribution in [0.15, 0.2) is 18.5 Å². The average Bonchev–Trinajstić information content (AvgIpc) is 2.30. The van der Waals surface area contributed by atoms with Crippen LogP contribution in [0.3, 0.4) is 0 Å². The lowest BCUT2D eigenvalue weighted by molar-refractivity contribution is 0.100. The highest BCUT2D eigenvalue weighted by molar-refractivity contribution is 7.98. The number of aliphatic hydroxyl groups is 1. The second kappa shape index (κ2) is 7.13. The van der Waals surface area contributed by atoms with Gasteiger partial charge in [0.2, 0.25) is 0 Å². The van der Waals surface area contributed by atoms with Gasteiger partial charge >= 0.3 is 0 Å². The monoisotopic (exact) mass is 255 g/mol. The zero-order valence-corrected chi connectivity index (χ0v) is 10.5. The summed E-state index contributed by atoms with van der Waals surface area (Å²) in [6.45, 7) is 0.106. The fourth-order valence-electron chi connectivity index (χ4n) is 1.49. The number of aromatic nitrogens is 1. The lowest BCUT2D eigenvalue weighted by Crippen LogP contribution is -2.25. The van der Waals surface area contributed by atoms with Crippen LogP contribution < -0.4 is 11.1 Å². The minimum Gasteiger partial charge on any atom is -0.396 e. The molecule has 0 radical (unpaired) electrons. The number of nitrogens with two attached hydrogens (primary N) is 1. The lowest BCUT2D eigenvalue weighted by atomic mass is 10.2. The molecule has 0 spiro atoms. The summed E-state index contributed by atoms with van der Waals surface area (Å²) >= 11 is 1.68. The Bertz CT molecular complexity index is 367. The summed E-state index contributed by atoms with van der Waals surface area (Å²) in [4.78, 5) is 15.1. The number of rotatable bonds is 7. The zero-order valence-electron chi connectivity index (χ0n) is 9.72. The van der Waals surface area contributed by atoms with E-state index in [0.717, 1.165) is 5.75 Å². The van der Waals surface area contributed by atoms with Crippen molar-refractivity contribution in [2.45, 2.75) is 12.5 Å². The minimum atomic E-state index is -0.507. The number of aliphatic hydroxyl groups excluding tert-OH is 1. The molecule has 17 heavy (non-hydrogen) atoms. The van der Waals surface area contributed by atoms with Gasteiger partial charge < -0.3 is 16.2 Å². The summed E-state index contributed by atoms with van der Waals surface area (Å²) in [5.74, 6) is 0.341. The number of anilines is 1. The molecule has 4 N–H and O–H groups in total. The van der Waals surface area contributed by atoms with E-state index < -0.39 is 5.91 Å². The molecule has 0 saturated heterocycles. The number of pyridine rings is 1. The van der Waals surface area contributed by atoms with Crippen LogP contribution in [0.5, 0.6) is 0 Å². The summed E-state index contributed by atoms with van der Waals surface area (Å²) in [6, 6.07) is 1.82. The van der Waals surface area contributed by atoms with E-state index in [-0.39, 0.29) is 12.6 Å². The topological polar surface area (TPSA) is 88.2 Å². The molecule has 0 aliphatic heterocycles. The van der Waals surface area contributed by atoms with Crippen molar-refractivity contribution < 1.29 is 9.90 Å². The number of nitrogens with one attached hydrogen (secondary N) is 1. The number of amides is 1. The van der Waals surface area contributed by atoms with Gasteiger partial charge in [0.15, 0.2) is 0 Å². The number of nitrogens with zero attached hydrogens (tertiary/aromatic N) is 1. The predicted molar refractivity (Wildman–Crippen MR) is 70.3 cm³/mol. The maximum atomic E-state index is 11.2. The summed E-state index contributed by atoms with van der Waals surface area (Å²) in [5.41, 5.74) is 6.30. The first-order valence-corrected chi connectivity index (χ1v) is 6.68. The predicted octanol–water partition coefficient (Wildman–Crippen LogP) is 0.706. The number of carbonyl (C=O) groups excluding carboxylic acids is 1. The fourth-order valence-corrected chi connectivity index (χ4v) is 2.14. The maximum Gasteiger partial charge on any atom is 0.252 e. The molecular formula is C11H17N3O2S. The van der Waals surface area contributed by atoms with E-state index in [0.29, 0.717) is 17.7 Å². The highest BCUT2D eigenvalue weighted by Crippen LogP contribution is 2.16. The molecule has 1 amide bonds. The van der Waals surface area contributed by atoms with Crippen molar-refractivity contribution >= 4 is 23.4 Å². The van der Waals surface area contributed by atoms with Crippen molar-refractivity contribution in [1.29, 1.82) is 0 Å². The van der Waals surface area contributed by atoms with Gasteiger partial charge in [-0.05, 0) is 18.7 Å². The third-order valence-corrected chi connectivity index (χ3v) is 3.03. The maximum absolute atomic E-state index is 11.2. The third-order valence-electron chi connectivity index (χ3n) is 2.29. The second-order valence-corrected chi connectivity index (χ2v) is 4.51. The molecule has 6 heteroatoms. The Balaban J connectivity index is 2.80. The minimum absolute atomic E-state index is 0.106. The Morgan fingerprint density at radius 1 is 1.71 bits per heavy atom. The van der Waals surface area contributed by atoms with Gasteiger partial charge in [-0.3, -0.25) is 9.78 Å². The molecule has 0 fully saturated rings. The number of primary amides is 1. The molecule has 1 atom stereocenters. The van der Waals surface area contributed by atoms with Crippen molar-refractivity contribution in [3.8, 4) is 0 Å². The van der Waals surface area contributed by atoms with Crippen LogP contribution in [0.2, 0.25) is 0 Å². The van der Waals surface area contributed by atoms with Crippen LogP contribution in [-0.2, 0) is 0 Å². The van der Waals surface area contributed by atoms with Gasteiger partial charge in [0.05, 0.1) is 11.3 Å². The van der Waals surface area contributed by atoms with E-state index in [4.69, 9.17) is 10.8 Å². The average molecular weight is 255 g/mol. The van der Waals surface area contributed by atoms with E-state index >= 15 is 0 Å². The number of hydrogen-bond donors (Lipinski definition) is 3. The van der Waals surface area contributed by atoms with Crippen LogP contribution in [0, 0.1) is 0 Å². The van der Waals surface area contributed by atoms with E-state index in [1.54, 1.807) is 24.0 Å². The molecule has 0 bridgehead atoms. The summed E-state index contributed by atoms with van der Waals surface area (Å²) in [5, 5.41) is 12.2. The van der Waals surface area contributed by atoms with Gasteiger partial charge in [-0.15, -0.1) is 0 Å². The molecule has 0 aliphatic carbocycles. The summed E-state index contributed by atoms with van der Waals surface area (Å²) in [6.07, 6.45) is 5.67. The van der Waals surface area contributed by atoms with Crippen LogP contribution in [0.25, 0.3) is 0 Å². The van der Waals surface area contributed by atoms with Gasteiger partial charge in [-0.2, -0.15) is 11.8 Å². The van der Waals surface area contributed by atoms with Crippen molar-refractivity contribution in [2.24, 2.45) is 5.73 Å². The fraction of sp³-hybridized carbons (Fsp3) is 0.455. The molecule has 1 aromatic rings. The van der Waals surface area contributed by atoms with Crippen molar-refractivity contribution in [1.82, 2.24) is 4.98 Å². The summed E-state index contributed by atoms with van der Waals surface area (Å²) < 4.78 is 0. The van der Waals surface area contributed by atoms with E-state index in [2.05, 4.69) is 10.3 Å². The van der Waals surface area contributed by atoms with E-state index in [1.807, 2.05) is 6.26 Å². The smallest absolute Gasteiger partial charge is 0.252 e. The molecule has 0 saturated carbocycles. The first kappa shape index (κ1) is 13.8. The van der Waals surface area contributed by atoms with Crippen molar-refractivity contribution in [3.63, 3.8) is 0 Å². The second-order valence-electron chi connectivity index (χ2n) is 3.59. The van der Waals surface area contributed by atoms with Gasteiger partial charge in [0.1, 0.15) is 0 Å². The van der Waals surface area contributed by atoms with Crippen molar-refractivity contribution in [3.05, 3.63) is 24.0 Å². The van der Waals surface area contributed by atoms with Gasteiger partial charge in [0, 0.05) is 30.8 Å². The van der Waals surface area contributed by atoms with Crippen LogP contribution >= 0.6 is 11.8 Å². The molecule has 5 nitrogen and oxygen atoms in total. The van der Waals surface area contributed by atoms with Crippen LogP contribution in [-0.4, -0.2) is 40.7 Å². The Morgan fingerprint density at radius 3 is 3.06 bits per heavy atom. The Hall–Kier alpha value is -1.27. The molecule has 1 unspecified atom stereocenters. The first-order valence-electron chi connectivity index (χ1n) is 5.29. The molecule has 94 valence electrons.